The van der Waals surface area contributed by atoms with Crippen LogP contribution in [0.5, 0.6) is 0 Å². The fraction of sp³-hybridized carbons (Fsp3) is 0.414. The van der Waals surface area contributed by atoms with Gasteiger partial charge in [0.25, 0.3) is 17.7 Å². The molecule has 10 heteroatoms. The molecule has 0 saturated carbocycles. The largest absolute Gasteiger partial charge is 0.463 e. The molecule has 10 nitrogen and oxygen atoms in total. The minimum atomic E-state index is -1.25. The lowest BCUT2D eigenvalue weighted by molar-refractivity contribution is -0.196. The molecule has 0 spiro atoms. The van der Waals surface area contributed by atoms with E-state index in [4.69, 9.17) is 14.2 Å². The molecule has 0 aliphatic carbocycles. The van der Waals surface area contributed by atoms with Gasteiger partial charge in [0, 0.05) is 11.8 Å². The Balaban J connectivity index is 1.47. The molecule has 0 N–H and O–H groups in total. The summed E-state index contributed by atoms with van der Waals surface area (Å²) in [5, 5.41) is 0. The van der Waals surface area contributed by atoms with Crippen LogP contribution in [-0.4, -0.2) is 64.6 Å². The van der Waals surface area contributed by atoms with Gasteiger partial charge in [0.15, 0.2) is 6.10 Å². The summed E-state index contributed by atoms with van der Waals surface area (Å²) < 4.78 is 16.6. The Bertz CT molecular complexity index is 1300. The zero-order valence-corrected chi connectivity index (χ0v) is 22.2. The second-order valence-electron chi connectivity index (χ2n) is 11.0. The molecule has 2 aromatic carbocycles. The van der Waals surface area contributed by atoms with E-state index in [-0.39, 0.29) is 24.2 Å². The van der Waals surface area contributed by atoms with Crippen LogP contribution in [0, 0.1) is 11.3 Å². The standard InChI is InChI=1S/C29H30N2O8/c1-16(2)22(31-24(32)18-12-8-9-13-19(18)25(31)33)26(34)30-20(17-10-6-5-7-11-17)14-21(39-28(30)36)38-23-27(35)37-15-29(23,3)4/h5-13,16,20-23H,14-15H2,1-4H3/t20-,21-,22-,23+/m1/s1. The first kappa shape index (κ1) is 26.6. The maximum absolute atomic E-state index is 14.1. The molecule has 2 aromatic rings. The minimum Gasteiger partial charge on any atom is -0.463 e. The van der Waals surface area contributed by atoms with Gasteiger partial charge in [0.05, 0.1) is 23.8 Å². The van der Waals surface area contributed by atoms with Crippen LogP contribution in [0.25, 0.3) is 0 Å². The van der Waals surface area contributed by atoms with Gasteiger partial charge < -0.3 is 14.2 Å². The number of ether oxygens (including phenoxy) is 3. The van der Waals surface area contributed by atoms with Crippen LogP contribution >= 0.6 is 0 Å². The highest BCUT2D eigenvalue weighted by atomic mass is 16.7. The molecule has 4 amide bonds. The number of carbonyl (C=O) groups excluding carboxylic acids is 5. The average molecular weight is 535 g/mol. The van der Waals surface area contributed by atoms with Crippen molar-refractivity contribution in [2.45, 2.75) is 58.6 Å². The first-order valence-corrected chi connectivity index (χ1v) is 12.9. The summed E-state index contributed by atoms with van der Waals surface area (Å²) >= 11 is 0. The summed E-state index contributed by atoms with van der Waals surface area (Å²) in [5.41, 5.74) is 0.421. The van der Waals surface area contributed by atoms with Gasteiger partial charge in [-0.3, -0.25) is 19.3 Å². The third-order valence-electron chi connectivity index (χ3n) is 7.36. The number of esters is 1. The highest BCUT2D eigenvalue weighted by molar-refractivity contribution is 6.23. The van der Waals surface area contributed by atoms with Gasteiger partial charge in [-0.2, -0.15) is 0 Å². The lowest BCUT2D eigenvalue weighted by Crippen LogP contribution is -2.58. The van der Waals surface area contributed by atoms with Crippen LogP contribution in [0.3, 0.4) is 0 Å². The summed E-state index contributed by atoms with van der Waals surface area (Å²) in [5.74, 6) is -2.97. The number of amides is 4. The smallest absolute Gasteiger partial charge is 0.419 e. The summed E-state index contributed by atoms with van der Waals surface area (Å²) in [7, 11) is 0. The van der Waals surface area contributed by atoms with E-state index in [1.807, 2.05) is 13.8 Å². The fourth-order valence-electron chi connectivity index (χ4n) is 5.34. The number of benzene rings is 2. The van der Waals surface area contributed by atoms with Crippen molar-refractivity contribution >= 4 is 29.8 Å². The van der Waals surface area contributed by atoms with Gasteiger partial charge in [0.2, 0.25) is 6.29 Å². The molecule has 2 saturated heterocycles. The molecule has 0 unspecified atom stereocenters. The highest BCUT2D eigenvalue weighted by Crippen LogP contribution is 2.39. The summed E-state index contributed by atoms with van der Waals surface area (Å²) in [6, 6.07) is 13.2. The highest BCUT2D eigenvalue weighted by Gasteiger charge is 2.52. The van der Waals surface area contributed by atoms with E-state index >= 15 is 0 Å². The molecule has 3 aliphatic rings. The molecule has 3 aliphatic heterocycles. The average Bonchev–Trinajstić information content (AvgIpc) is 3.31. The van der Waals surface area contributed by atoms with Crippen molar-refractivity contribution in [3.05, 3.63) is 71.3 Å². The molecule has 39 heavy (non-hydrogen) atoms. The predicted octanol–water partition coefficient (Wildman–Crippen LogP) is 3.71. The molecule has 204 valence electrons. The minimum absolute atomic E-state index is 0.0360. The number of rotatable bonds is 6. The van der Waals surface area contributed by atoms with Crippen LogP contribution in [0.15, 0.2) is 54.6 Å². The number of carbonyl (C=O) groups is 5. The molecule has 5 rings (SSSR count). The molecule has 0 bridgehead atoms. The Hall–Kier alpha value is -4.05. The van der Waals surface area contributed by atoms with Crippen LogP contribution < -0.4 is 0 Å². The summed E-state index contributed by atoms with van der Waals surface area (Å²) in [6.45, 7) is 7.21. The number of fused-ring (bicyclic) bond motifs is 1. The Labute approximate surface area is 225 Å². The third kappa shape index (κ3) is 4.58. The Morgan fingerprint density at radius 2 is 1.54 bits per heavy atom. The summed E-state index contributed by atoms with van der Waals surface area (Å²) in [6.07, 6.45) is -3.03. The molecule has 3 heterocycles. The lowest BCUT2D eigenvalue weighted by Gasteiger charge is -2.41. The third-order valence-corrected chi connectivity index (χ3v) is 7.36. The zero-order chi connectivity index (χ0) is 28.1. The van der Waals surface area contributed by atoms with E-state index in [1.54, 1.807) is 56.3 Å². The molecule has 2 fully saturated rings. The van der Waals surface area contributed by atoms with Gasteiger partial charge in [0.1, 0.15) is 6.04 Å². The predicted molar refractivity (Wildman–Crippen MR) is 136 cm³/mol. The Morgan fingerprint density at radius 3 is 2.08 bits per heavy atom. The topological polar surface area (TPSA) is 120 Å². The number of imide groups is 2. The van der Waals surface area contributed by atoms with Gasteiger partial charge in [-0.1, -0.05) is 70.2 Å². The van der Waals surface area contributed by atoms with Gasteiger partial charge in [-0.05, 0) is 23.6 Å². The van der Waals surface area contributed by atoms with E-state index in [9.17, 15) is 24.0 Å². The maximum Gasteiger partial charge on any atom is 0.419 e. The normalized spacial score (nSPS) is 25.0. The second kappa shape index (κ2) is 9.92. The van der Waals surface area contributed by atoms with Crippen LogP contribution in [-0.2, 0) is 23.8 Å². The van der Waals surface area contributed by atoms with E-state index in [0.29, 0.717) is 5.56 Å². The Kier molecular flexibility index (Phi) is 6.76. The SMILES string of the molecule is CC(C)[C@H](C(=O)N1C(=O)O[C@@H](O[C@H]2C(=O)OCC2(C)C)C[C@@H]1c1ccccc1)N1C(=O)c2ccccc2C1=O. The second-order valence-corrected chi connectivity index (χ2v) is 11.0. The van der Waals surface area contributed by atoms with Crippen LogP contribution in [0.2, 0.25) is 0 Å². The van der Waals surface area contributed by atoms with Crippen molar-refractivity contribution in [3.63, 3.8) is 0 Å². The monoisotopic (exact) mass is 534 g/mol. The number of hydrogen-bond acceptors (Lipinski definition) is 8. The molecular formula is C29H30N2O8. The van der Waals surface area contributed by atoms with Crippen molar-refractivity contribution in [2.24, 2.45) is 11.3 Å². The van der Waals surface area contributed by atoms with E-state index in [1.165, 1.54) is 12.1 Å². The van der Waals surface area contributed by atoms with Crippen molar-refractivity contribution in [1.82, 2.24) is 9.80 Å². The van der Waals surface area contributed by atoms with Gasteiger partial charge in [-0.15, -0.1) is 0 Å². The van der Waals surface area contributed by atoms with E-state index < -0.39 is 65.6 Å². The molecular weight excluding hydrogens is 504 g/mol. The lowest BCUT2D eigenvalue weighted by atomic mass is 9.89. The number of hydrogen-bond donors (Lipinski definition) is 0. The van der Waals surface area contributed by atoms with Crippen LogP contribution in [0.4, 0.5) is 4.79 Å². The Morgan fingerprint density at radius 1 is 0.949 bits per heavy atom. The van der Waals surface area contributed by atoms with E-state index in [0.717, 1.165) is 9.80 Å². The number of cyclic esters (lactones) is 2. The fourth-order valence-corrected chi connectivity index (χ4v) is 5.34. The number of nitrogens with zero attached hydrogens (tertiary/aromatic N) is 2. The summed E-state index contributed by atoms with van der Waals surface area (Å²) in [4.78, 5) is 68.3. The zero-order valence-electron chi connectivity index (χ0n) is 22.2. The van der Waals surface area contributed by atoms with Gasteiger partial charge >= 0.3 is 12.1 Å². The quantitative estimate of drug-likeness (QED) is 0.406. The first-order valence-electron chi connectivity index (χ1n) is 12.9. The van der Waals surface area contributed by atoms with E-state index in [2.05, 4.69) is 0 Å². The van der Waals surface area contributed by atoms with Crippen LogP contribution in [0.1, 0.15) is 66.4 Å². The first-order chi connectivity index (χ1) is 18.5. The molecule has 4 atom stereocenters. The van der Waals surface area contributed by atoms with Crippen molar-refractivity contribution in [1.29, 1.82) is 0 Å². The van der Waals surface area contributed by atoms with Crippen molar-refractivity contribution in [2.75, 3.05) is 6.61 Å². The molecule has 0 aromatic heterocycles. The molecule has 0 radical (unpaired) electrons. The van der Waals surface area contributed by atoms with Crippen molar-refractivity contribution in [3.8, 4) is 0 Å². The van der Waals surface area contributed by atoms with Gasteiger partial charge in [-0.25, -0.2) is 14.5 Å². The maximum atomic E-state index is 14.1. The van der Waals surface area contributed by atoms with Crippen molar-refractivity contribution < 1.29 is 38.2 Å².